The second-order valence-electron chi connectivity index (χ2n) is 5.16. The van der Waals surface area contributed by atoms with Crippen molar-refractivity contribution >= 4 is 23.5 Å². The van der Waals surface area contributed by atoms with Gasteiger partial charge in [-0.25, -0.2) is 9.18 Å². The maximum Gasteiger partial charge on any atom is 0.337 e. The molecule has 2 amide bonds. The van der Waals surface area contributed by atoms with E-state index >= 15 is 0 Å². The summed E-state index contributed by atoms with van der Waals surface area (Å²) < 4.78 is 17.4. The Balaban J connectivity index is 1.84. The Morgan fingerprint density at radius 2 is 1.76 bits per heavy atom. The molecule has 0 aromatic heterocycles. The van der Waals surface area contributed by atoms with E-state index in [0.717, 1.165) is 5.56 Å². The van der Waals surface area contributed by atoms with Gasteiger partial charge < -0.3 is 15.4 Å². The fraction of sp³-hybridized carbons (Fsp3) is 0.167. The molecule has 130 valence electrons. The average Bonchev–Trinajstić information content (AvgIpc) is 2.62. The minimum Gasteiger partial charge on any atom is -0.465 e. The molecule has 7 heteroatoms. The van der Waals surface area contributed by atoms with Crippen molar-refractivity contribution in [1.29, 1.82) is 0 Å². The lowest BCUT2D eigenvalue weighted by Crippen LogP contribution is -2.36. The quantitative estimate of drug-likeness (QED) is 0.641. The van der Waals surface area contributed by atoms with Crippen LogP contribution < -0.4 is 10.6 Å². The number of halogens is 1. The Labute approximate surface area is 144 Å². The van der Waals surface area contributed by atoms with Crippen LogP contribution in [0.4, 0.5) is 10.1 Å². The summed E-state index contributed by atoms with van der Waals surface area (Å²) in [4.78, 5) is 35.1. The van der Waals surface area contributed by atoms with Gasteiger partial charge in [-0.2, -0.15) is 0 Å². The van der Waals surface area contributed by atoms with Gasteiger partial charge in [0.2, 0.25) is 0 Å². The van der Waals surface area contributed by atoms with Crippen LogP contribution in [0, 0.1) is 5.82 Å². The van der Waals surface area contributed by atoms with Crippen molar-refractivity contribution in [3.05, 3.63) is 65.5 Å². The normalized spacial score (nSPS) is 10.0. The number of ether oxygens (including phenoxy) is 1. The van der Waals surface area contributed by atoms with E-state index in [1.807, 2.05) is 0 Å². The summed E-state index contributed by atoms with van der Waals surface area (Å²) in [5.74, 6) is -2.52. The van der Waals surface area contributed by atoms with Gasteiger partial charge in [-0.1, -0.05) is 18.2 Å². The molecule has 0 radical (unpaired) electrons. The smallest absolute Gasteiger partial charge is 0.337 e. The van der Waals surface area contributed by atoms with E-state index in [1.54, 1.807) is 24.3 Å². The van der Waals surface area contributed by atoms with Crippen LogP contribution in [-0.2, 0) is 20.7 Å². The van der Waals surface area contributed by atoms with Crippen molar-refractivity contribution in [3.8, 4) is 0 Å². The number of nitrogens with one attached hydrogen (secondary N) is 2. The maximum atomic E-state index is 12.8. The first-order chi connectivity index (χ1) is 12.0. The van der Waals surface area contributed by atoms with Gasteiger partial charge in [0.1, 0.15) is 5.82 Å². The summed E-state index contributed by atoms with van der Waals surface area (Å²) >= 11 is 0. The maximum absolute atomic E-state index is 12.8. The number of rotatable bonds is 5. The van der Waals surface area contributed by atoms with Crippen molar-refractivity contribution in [3.63, 3.8) is 0 Å². The zero-order valence-electron chi connectivity index (χ0n) is 13.5. The predicted octanol–water partition coefficient (Wildman–Crippen LogP) is 1.91. The first-order valence-corrected chi connectivity index (χ1v) is 7.51. The van der Waals surface area contributed by atoms with E-state index in [4.69, 9.17) is 0 Å². The third kappa shape index (κ3) is 5.42. The third-order valence-electron chi connectivity index (χ3n) is 3.36. The van der Waals surface area contributed by atoms with E-state index in [2.05, 4.69) is 15.4 Å². The number of methoxy groups -OCH3 is 1. The summed E-state index contributed by atoms with van der Waals surface area (Å²) in [6, 6.07) is 11.9. The molecule has 0 spiro atoms. The molecule has 2 aromatic carbocycles. The van der Waals surface area contributed by atoms with Crippen molar-refractivity contribution in [1.82, 2.24) is 5.32 Å². The number of benzene rings is 2. The van der Waals surface area contributed by atoms with Crippen molar-refractivity contribution in [2.24, 2.45) is 0 Å². The molecule has 2 rings (SSSR count). The van der Waals surface area contributed by atoms with Gasteiger partial charge >= 0.3 is 17.8 Å². The molecule has 0 aliphatic heterocycles. The van der Waals surface area contributed by atoms with Gasteiger partial charge in [-0.15, -0.1) is 0 Å². The van der Waals surface area contributed by atoms with Crippen LogP contribution in [0.2, 0.25) is 0 Å². The molecule has 0 aliphatic carbocycles. The number of carbonyl (C=O) groups is 3. The zero-order chi connectivity index (χ0) is 18.2. The first kappa shape index (κ1) is 18.1. The number of anilines is 1. The fourth-order valence-electron chi connectivity index (χ4n) is 2.08. The highest BCUT2D eigenvalue weighted by Gasteiger charge is 2.14. The predicted molar refractivity (Wildman–Crippen MR) is 89.5 cm³/mol. The Morgan fingerprint density at radius 1 is 1.04 bits per heavy atom. The van der Waals surface area contributed by atoms with E-state index in [9.17, 15) is 18.8 Å². The van der Waals surface area contributed by atoms with Gasteiger partial charge in [0.25, 0.3) is 0 Å². The largest absolute Gasteiger partial charge is 0.465 e. The molecule has 6 nitrogen and oxygen atoms in total. The van der Waals surface area contributed by atoms with Crippen LogP contribution in [0.3, 0.4) is 0 Å². The molecule has 0 fully saturated rings. The summed E-state index contributed by atoms with van der Waals surface area (Å²) in [6.07, 6.45) is 0.469. The van der Waals surface area contributed by atoms with Gasteiger partial charge in [0.05, 0.1) is 12.7 Å². The fourth-order valence-corrected chi connectivity index (χ4v) is 2.08. The van der Waals surface area contributed by atoms with Gasteiger partial charge in [0.15, 0.2) is 0 Å². The van der Waals surface area contributed by atoms with Crippen LogP contribution in [0.15, 0.2) is 48.5 Å². The van der Waals surface area contributed by atoms with Gasteiger partial charge in [0, 0.05) is 12.2 Å². The lowest BCUT2D eigenvalue weighted by molar-refractivity contribution is -0.136. The summed E-state index contributed by atoms with van der Waals surface area (Å²) in [5.41, 5.74) is 1.41. The van der Waals surface area contributed by atoms with Crippen LogP contribution >= 0.6 is 0 Å². The number of carbonyl (C=O) groups excluding carboxylic acids is 3. The van der Waals surface area contributed by atoms with E-state index in [0.29, 0.717) is 12.1 Å². The third-order valence-corrected chi connectivity index (χ3v) is 3.36. The molecule has 0 saturated heterocycles. The molecule has 0 unspecified atom stereocenters. The average molecular weight is 344 g/mol. The Bertz CT molecular complexity index is 775. The molecule has 0 bridgehead atoms. The lowest BCUT2D eigenvalue weighted by atomic mass is 10.1. The summed E-state index contributed by atoms with van der Waals surface area (Å²) in [5, 5.41) is 4.89. The van der Waals surface area contributed by atoms with Crippen LogP contribution in [0.25, 0.3) is 0 Å². The van der Waals surface area contributed by atoms with Crippen molar-refractivity contribution < 1.29 is 23.5 Å². The first-order valence-electron chi connectivity index (χ1n) is 7.51. The van der Waals surface area contributed by atoms with Crippen LogP contribution in [0.1, 0.15) is 15.9 Å². The zero-order valence-corrected chi connectivity index (χ0v) is 13.5. The second kappa shape index (κ2) is 8.58. The minimum absolute atomic E-state index is 0.236. The molecule has 0 atom stereocenters. The molecule has 0 saturated carbocycles. The summed E-state index contributed by atoms with van der Waals surface area (Å²) in [7, 11) is 1.25. The second-order valence-corrected chi connectivity index (χ2v) is 5.16. The van der Waals surface area contributed by atoms with Gasteiger partial charge in [-0.05, 0) is 42.3 Å². The number of hydrogen-bond acceptors (Lipinski definition) is 4. The number of amides is 2. The number of esters is 1. The topological polar surface area (TPSA) is 84.5 Å². The lowest BCUT2D eigenvalue weighted by Gasteiger charge is -2.08. The van der Waals surface area contributed by atoms with Crippen molar-refractivity contribution in [2.75, 3.05) is 19.0 Å². The molecule has 25 heavy (non-hydrogen) atoms. The van der Waals surface area contributed by atoms with Crippen LogP contribution in [0.5, 0.6) is 0 Å². The van der Waals surface area contributed by atoms with E-state index < -0.39 is 17.8 Å². The molecular formula is C18H17FN2O4. The Kier molecular flexibility index (Phi) is 6.22. The SMILES string of the molecule is COC(=O)c1cccc(NC(=O)C(=O)NCCc2ccc(F)cc2)c1. The monoisotopic (exact) mass is 344 g/mol. The highest BCUT2D eigenvalue weighted by Crippen LogP contribution is 2.11. The minimum atomic E-state index is -0.846. The number of hydrogen-bond donors (Lipinski definition) is 2. The Morgan fingerprint density at radius 3 is 2.44 bits per heavy atom. The van der Waals surface area contributed by atoms with Gasteiger partial charge in [-0.3, -0.25) is 9.59 Å². The molecule has 0 heterocycles. The highest BCUT2D eigenvalue weighted by atomic mass is 19.1. The van der Waals surface area contributed by atoms with Crippen molar-refractivity contribution in [2.45, 2.75) is 6.42 Å². The standard InChI is InChI=1S/C18H17FN2O4/c1-25-18(24)13-3-2-4-15(11-13)21-17(23)16(22)20-10-9-12-5-7-14(19)8-6-12/h2-8,11H,9-10H2,1H3,(H,20,22)(H,21,23). The highest BCUT2D eigenvalue weighted by molar-refractivity contribution is 6.39. The van der Waals surface area contributed by atoms with Crippen LogP contribution in [-0.4, -0.2) is 31.4 Å². The van der Waals surface area contributed by atoms with E-state index in [-0.39, 0.29) is 17.9 Å². The molecule has 2 N–H and O–H groups in total. The Hall–Kier alpha value is -3.22. The molecule has 0 aliphatic rings. The van der Waals surface area contributed by atoms with E-state index in [1.165, 1.54) is 31.4 Å². The molecule has 2 aromatic rings. The molecular weight excluding hydrogens is 327 g/mol. The summed E-state index contributed by atoms with van der Waals surface area (Å²) in [6.45, 7) is 0.236.